The second-order valence-electron chi connectivity index (χ2n) is 6.91. The number of alkyl halides is 3. The summed E-state index contributed by atoms with van der Waals surface area (Å²) in [6, 6.07) is 6.51. The van der Waals surface area contributed by atoms with Crippen LogP contribution in [0, 0.1) is 12.8 Å². The summed E-state index contributed by atoms with van der Waals surface area (Å²) < 4.78 is 41.7. The predicted molar refractivity (Wildman–Crippen MR) is 95.8 cm³/mol. The van der Waals surface area contributed by atoms with Crippen molar-refractivity contribution in [2.45, 2.75) is 32.4 Å². The van der Waals surface area contributed by atoms with Crippen LogP contribution in [0.1, 0.15) is 40.9 Å². The highest BCUT2D eigenvalue weighted by Gasteiger charge is 2.40. The molecule has 1 aliphatic heterocycles. The van der Waals surface area contributed by atoms with Crippen molar-refractivity contribution in [2.24, 2.45) is 5.92 Å². The first kappa shape index (κ1) is 19.4. The van der Waals surface area contributed by atoms with Gasteiger partial charge in [0.15, 0.2) is 5.69 Å². The second kappa shape index (κ2) is 8.12. The molecule has 0 bridgehead atoms. The van der Waals surface area contributed by atoms with E-state index < -0.39 is 23.3 Å². The van der Waals surface area contributed by atoms with Crippen LogP contribution < -0.4 is 10.6 Å². The van der Waals surface area contributed by atoms with Crippen LogP contribution in [0.3, 0.4) is 0 Å². The van der Waals surface area contributed by atoms with Gasteiger partial charge in [0.25, 0.3) is 5.91 Å². The third kappa shape index (κ3) is 4.68. The van der Waals surface area contributed by atoms with Crippen LogP contribution in [0.4, 0.5) is 13.2 Å². The molecule has 0 radical (unpaired) electrons. The minimum absolute atomic E-state index is 0.264. The summed E-state index contributed by atoms with van der Waals surface area (Å²) in [6.07, 6.45) is -0.810. The van der Waals surface area contributed by atoms with Crippen molar-refractivity contribution in [1.82, 2.24) is 20.4 Å². The lowest BCUT2D eigenvalue weighted by Crippen LogP contribution is -2.33. The Morgan fingerprint density at radius 2 is 2.07 bits per heavy atom. The molecule has 146 valence electrons. The van der Waals surface area contributed by atoms with Crippen LogP contribution >= 0.6 is 0 Å². The van der Waals surface area contributed by atoms with Crippen LogP contribution in [-0.4, -0.2) is 35.3 Å². The third-order valence-corrected chi connectivity index (χ3v) is 4.80. The number of rotatable bonds is 5. The van der Waals surface area contributed by atoms with Gasteiger partial charge in [0.05, 0.1) is 17.4 Å². The number of carbonyl (C=O) groups is 1. The van der Waals surface area contributed by atoms with Gasteiger partial charge in [-0.3, -0.25) is 4.79 Å². The van der Waals surface area contributed by atoms with Gasteiger partial charge in [-0.15, -0.1) is 0 Å². The molecule has 1 saturated heterocycles. The summed E-state index contributed by atoms with van der Waals surface area (Å²) in [5, 5.41) is 9.72. The minimum atomic E-state index is -4.69. The fourth-order valence-corrected chi connectivity index (χ4v) is 3.32. The van der Waals surface area contributed by atoms with Crippen molar-refractivity contribution >= 4 is 5.91 Å². The van der Waals surface area contributed by atoms with Crippen LogP contribution in [0.25, 0.3) is 5.69 Å². The molecule has 1 amide bonds. The lowest BCUT2D eigenvalue weighted by atomic mass is 9.96. The topological polar surface area (TPSA) is 59.0 Å². The monoisotopic (exact) mass is 380 g/mol. The van der Waals surface area contributed by atoms with Gasteiger partial charge in [-0.25, -0.2) is 4.68 Å². The molecule has 1 aromatic carbocycles. The van der Waals surface area contributed by atoms with E-state index in [0.717, 1.165) is 48.8 Å². The lowest BCUT2D eigenvalue weighted by Gasteiger charge is -2.22. The molecule has 1 aromatic heterocycles. The molecule has 1 fully saturated rings. The number of aromatic nitrogens is 2. The van der Waals surface area contributed by atoms with Crippen molar-refractivity contribution in [2.75, 3.05) is 19.6 Å². The molecule has 3 rings (SSSR count). The number of halogens is 3. The SMILES string of the molecule is Cc1ccc(-n2ncc(C(=O)NCCC3CCCNC3)c2C(F)(F)F)cc1. The average Bonchev–Trinajstić information content (AvgIpc) is 3.09. The second-order valence-corrected chi connectivity index (χ2v) is 6.91. The summed E-state index contributed by atoms with van der Waals surface area (Å²) in [7, 11) is 0. The molecule has 1 aliphatic rings. The molecular formula is C19H23F3N4O. The smallest absolute Gasteiger partial charge is 0.352 e. The zero-order valence-electron chi connectivity index (χ0n) is 15.1. The largest absolute Gasteiger partial charge is 0.434 e. The quantitative estimate of drug-likeness (QED) is 0.837. The zero-order valence-corrected chi connectivity index (χ0v) is 15.1. The van der Waals surface area contributed by atoms with Crippen molar-refractivity contribution < 1.29 is 18.0 Å². The molecule has 2 aromatic rings. The lowest BCUT2D eigenvalue weighted by molar-refractivity contribution is -0.143. The highest BCUT2D eigenvalue weighted by atomic mass is 19.4. The van der Waals surface area contributed by atoms with Crippen molar-refractivity contribution in [1.29, 1.82) is 0 Å². The fraction of sp³-hybridized carbons (Fsp3) is 0.474. The zero-order chi connectivity index (χ0) is 19.4. The Bertz CT molecular complexity index is 777. The minimum Gasteiger partial charge on any atom is -0.352 e. The van der Waals surface area contributed by atoms with E-state index in [-0.39, 0.29) is 5.69 Å². The highest BCUT2D eigenvalue weighted by Crippen LogP contribution is 2.33. The molecule has 0 saturated carbocycles. The summed E-state index contributed by atoms with van der Waals surface area (Å²) in [5.41, 5.74) is -0.317. The Morgan fingerprint density at radius 3 is 2.70 bits per heavy atom. The number of amides is 1. The number of aryl methyl sites for hydroxylation is 1. The number of benzene rings is 1. The Kier molecular flexibility index (Phi) is 5.84. The molecule has 0 spiro atoms. The fourth-order valence-electron chi connectivity index (χ4n) is 3.32. The number of nitrogens with one attached hydrogen (secondary N) is 2. The molecule has 1 unspecified atom stereocenters. The molecule has 27 heavy (non-hydrogen) atoms. The number of carbonyl (C=O) groups excluding carboxylic acids is 1. The van der Waals surface area contributed by atoms with E-state index >= 15 is 0 Å². The van der Waals surface area contributed by atoms with Crippen molar-refractivity contribution in [3.63, 3.8) is 0 Å². The molecule has 2 N–H and O–H groups in total. The number of hydrogen-bond acceptors (Lipinski definition) is 3. The van der Waals surface area contributed by atoms with Gasteiger partial charge in [0, 0.05) is 6.54 Å². The van der Waals surface area contributed by atoms with E-state index in [9.17, 15) is 18.0 Å². The van der Waals surface area contributed by atoms with Crippen molar-refractivity contribution in [3.8, 4) is 5.69 Å². The van der Waals surface area contributed by atoms with Gasteiger partial charge >= 0.3 is 6.18 Å². The van der Waals surface area contributed by atoms with Gasteiger partial charge in [-0.05, 0) is 57.3 Å². The highest BCUT2D eigenvalue weighted by molar-refractivity contribution is 5.95. The van der Waals surface area contributed by atoms with E-state index in [1.807, 2.05) is 6.92 Å². The van der Waals surface area contributed by atoms with Crippen LogP contribution in [0.15, 0.2) is 30.5 Å². The Labute approximate surface area is 155 Å². The summed E-state index contributed by atoms with van der Waals surface area (Å²) in [5.74, 6) is -0.305. The first-order valence-electron chi connectivity index (χ1n) is 9.07. The van der Waals surface area contributed by atoms with Gasteiger partial charge in [0.2, 0.25) is 0 Å². The van der Waals surface area contributed by atoms with E-state index in [4.69, 9.17) is 0 Å². The van der Waals surface area contributed by atoms with Gasteiger partial charge in [0.1, 0.15) is 0 Å². The summed E-state index contributed by atoms with van der Waals surface area (Å²) in [4.78, 5) is 12.4. The molecule has 5 nitrogen and oxygen atoms in total. The number of hydrogen-bond donors (Lipinski definition) is 2. The third-order valence-electron chi connectivity index (χ3n) is 4.80. The van der Waals surface area contributed by atoms with E-state index in [1.165, 1.54) is 0 Å². The van der Waals surface area contributed by atoms with Gasteiger partial charge < -0.3 is 10.6 Å². The maximum atomic E-state index is 13.6. The van der Waals surface area contributed by atoms with Crippen LogP contribution in [-0.2, 0) is 6.18 Å². The number of piperidine rings is 1. The molecule has 8 heteroatoms. The summed E-state index contributed by atoms with van der Waals surface area (Å²) in [6.45, 7) is 4.07. The Hall–Kier alpha value is -2.35. The van der Waals surface area contributed by atoms with Crippen molar-refractivity contribution in [3.05, 3.63) is 47.3 Å². The standard InChI is InChI=1S/C19H23F3N4O/c1-13-4-6-15(7-5-13)26-17(19(20,21)22)16(12-25-26)18(27)24-10-8-14-3-2-9-23-11-14/h4-7,12,14,23H,2-3,8-11H2,1H3,(H,24,27). The molecule has 2 heterocycles. The van der Waals surface area contributed by atoms with Crippen LogP contribution in [0.5, 0.6) is 0 Å². The predicted octanol–water partition coefficient (Wildman–Crippen LogP) is 3.32. The van der Waals surface area contributed by atoms with E-state index in [1.54, 1.807) is 24.3 Å². The maximum absolute atomic E-state index is 13.6. The Balaban J connectivity index is 1.76. The molecular weight excluding hydrogens is 357 g/mol. The molecule has 1 atom stereocenters. The first-order chi connectivity index (χ1) is 12.9. The van der Waals surface area contributed by atoms with Crippen LogP contribution in [0.2, 0.25) is 0 Å². The van der Waals surface area contributed by atoms with E-state index in [0.29, 0.717) is 12.5 Å². The summed E-state index contributed by atoms with van der Waals surface area (Å²) >= 11 is 0. The van der Waals surface area contributed by atoms with Gasteiger partial charge in [-0.1, -0.05) is 17.7 Å². The molecule has 0 aliphatic carbocycles. The normalized spacial score (nSPS) is 17.7. The average molecular weight is 380 g/mol. The van der Waals surface area contributed by atoms with E-state index in [2.05, 4.69) is 15.7 Å². The first-order valence-corrected chi connectivity index (χ1v) is 9.07. The number of nitrogens with zero attached hydrogens (tertiary/aromatic N) is 2. The Morgan fingerprint density at radius 1 is 1.33 bits per heavy atom. The maximum Gasteiger partial charge on any atom is 0.434 e. The van der Waals surface area contributed by atoms with Gasteiger partial charge in [-0.2, -0.15) is 18.3 Å².